The van der Waals surface area contributed by atoms with E-state index in [-0.39, 0.29) is 5.91 Å². The molecule has 0 aliphatic heterocycles. The van der Waals surface area contributed by atoms with E-state index >= 15 is 0 Å². The molecule has 0 fully saturated rings. The Kier molecular flexibility index (Phi) is 7.00. The van der Waals surface area contributed by atoms with Gasteiger partial charge >= 0.3 is 0 Å². The Morgan fingerprint density at radius 2 is 1.70 bits per heavy atom. The Morgan fingerprint density at radius 1 is 1.15 bits per heavy atom. The van der Waals surface area contributed by atoms with Gasteiger partial charge in [0.15, 0.2) is 0 Å². The second-order valence-corrected chi connectivity index (χ2v) is 6.70. The molecule has 0 aliphatic rings. The van der Waals surface area contributed by atoms with E-state index in [9.17, 15) is 4.79 Å². The van der Waals surface area contributed by atoms with Crippen molar-refractivity contribution in [3.05, 3.63) is 40.4 Å². The quantitative estimate of drug-likeness (QED) is 0.760. The van der Waals surface area contributed by atoms with Crippen LogP contribution in [-0.4, -0.2) is 12.5 Å². The first-order valence-corrected chi connectivity index (χ1v) is 7.91. The highest BCUT2D eigenvalue weighted by atomic mass is 79.9. The van der Waals surface area contributed by atoms with E-state index < -0.39 is 0 Å². The van der Waals surface area contributed by atoms with Crippen molar-refractivity contribution >= 4 is 27.9 Å². The van der Waals surface area contributed by atoms with Crippen LogP contribution in [0.4, 0.5) is 0 Å². The number of amides is 1. The summed E-state index contributed by atoms with van der Waals surface area (Å²) in [5.41, 5.74) is 1.02. The smallest absolute Gasteiger partial charge is 0.244 e. The minimum atomic E-state index is -0.0285. The highest BCUT2D eigenvalue weighted by Gasteiger charge is 2.17. The van der Waals surface area contributed by atoms with Gasteiger partial charge in [0.2, 0.25) is 5.91 Å². The van der Waals surface area contributed by atoms with Crippen LogP contribution in [-0.2, 0) is 4.79 Å². The van der Waals surface area contributed by atoms with E-state index in [1.165, 1.54) is 0 Å². The summed E-state index contributed by atoms with van der Waals surface area (Å²) in [5, 5.41) is 2.99. The lowest BCUT2D eigenvalue weighted by Crippen LogP contribution is -2.32. The van der Waals surface area contributed by atoms with Crippen LogP contribution in [0.2, 0.25) is 0 Å². The highest BCUT2D eigenvalue weighted by Crippen LogP contribution is 2.19. The average molecular weight is 338 g/mol. The Bertz CT molecular complexity index is 441. The van der Waals surface area contributed by atoms with E-state index in [0.717, 1.165) is 16.6 Å². The zero-order valence-electron chi connectivity index (χ0n) is 12.7. The van der Waals surface area contributed by atoms with Crippen molar-refractivity contribution < 1.29 is 4.79 Å². The summed E-state index contributed by atoms with van der Waals surface area (Å²) in [7, 11) is 0. The van der Waals surface area contributed by atoms with Crippen molar-refractivity contribution in [1.82, 2.24) is 5.32 Å². The van der Waals surface area contributed by atoms with Gasteiger partial charge in [0.25, 0.3) is 0 Å². The first-order valence-electron chi connectivity index (χ1n) is 7.11. The third kappa shape index (κ3) is 5.91. The molecule has 110 valence electrons. The van der Waals surface area contributed by atoms with E-state index in [0.29, 0.717) is 17.8 Å². The number of rotatable bonds is 6. The summed E-state index contributed by atoms with van der Waals surface area (Å²) in [5.74, 6) is 1.63. The summed E-state index contributed by atoms with van der Waals surface area (Å²) in [6, 6.07) is 7.87. The fraction of sp³-hybridized carbons (Fsp3) is 0.471. The Hall–Kier alpha value is -1.09. The molecule has 0 saturated heterocycles. The van der Waals surface area contributed by atoms with Crippen LogP contribution >= 0.6 is 15.9 Å². The van der Waals surface area contributed by atoms with Crippen LogP contribution in [0.3, 0.4) is 0 Å². The van der Waals surface area contributed by atoms with Crippen molar-refractivity contribution in [2.45, 2.75) is 27.7 Å². The van der Waals surface area contributed by atoms with Gasteiger partial charge in [0, 0.05) is 17.1 Å². The maximum atomic E-state index is 11.8. The maximum absolute atomic E-state index is 11.8. The standard InChI is InChI=1S/C17H24BrNO/c1-12(2)16(13(3)4)11-19-17(20)10-7-14-5-8-15(18)9-6-14/h5-10,12-13,16H,11H2,1-4H3,(H,19,20)/b10-7+. The number of carbonyl (C=O) groups excluding carboxylic acids is 1. The number of nitrogens with one attached hydrogen (secondary N) is 1. The third-order valence-corrected chi connectivity index (χ3v) is 4.05. The van der Waals surface area contributed by atoms with Crippen LogP contribution in [0.25, 0.3) is 6.08 Å². The number of benzene rings is 1. The molecule has 0 saturated carbocycles. The highest BCUT2D eigenvalue weighted by molar-refractivity contribution is 9.10. The largest absolute Gasteiger partial charge is 0.352 e. The molecule has 0 aliphatic carbocycles. The lowest BCUT2D eigenvalue weighted by atomic mass is 9.85. The SMILES string of the molecule is CC(C)C(CNC(=O)/C=C/c1ccc(Br)cc1)C(C)C. The summed E-state index contributed by atoms with van der Waals surface area (Å²) >= 11 is 3.39. The minimum absolute atomic E-state index is 0.0285. The second kappa shape index (κ2) is 8.25. The lowest BCUT2D eigenvalue weighted by Gasteiger charge is -2.24. The van der Waals surface area contributed by atoms with Gasteiger partial charge in [0.1, 0.15) is 0 Å². The average Bonchev–Trinajstić information content (AvgIpc) is 2.37. The molecule has 2 nitrogen and oxygen atoms in total. The molecule has 20 heavy (non-hydrogen) atoms. The van der Waals surface area contributed by atoms with Gasteiger partial charge < -0.3 is 5.32 Å². The summed E-state index contributed by atoms with van der Waals surface area (Å²) in [6.07, 6.45) is 3.43. The molecule has 1 aromatic rings. The predicted molar refractivity (Wildman–Crippen MR) is 89.4 cm³/mol. The van der Waals surface area contributed by atoms with Gasteiger partial charge in [-0.1, -0.05) is 55.8 Å². The molecule has 0 spiro atoms. The van der Waals surface area contributed by atoms with Crippen molar-refractivity contribution in [3.63, 3.8) is 0 Å². The van der Waals surface area contributed by atoms with E-state index in [4.69, 9.17) is 0 Å². The molecule has 1 amide bonds. The second-order valence-electron chi connectivity index (χ2n) is 5.78. The Morgan fingerprint density at radius 3 is 2.20 bits per heavy atom. The van der Waals surface area contributed by atoms with Gasteiger partial charge in [-0.05, 0) is 41.5 Å². The number of carbonyl (C=O) groups is 1. The topological polar surface area (TPSA) is 29.1 Å². The van der Waals surface area contributed by atoms with Crippen LogP contribution in [0.15, 0.2) is 34.8 Å². The first kappa shape index (κ1) is 17.0. The molecule has 3 heteroatoms. The minimum Gasteiger partial charge on any atom is -0.352 e. The zero-order valence-corrected chi connectivity index (χ0v) is 14.3. The maximum Gasteiger partial charge on any atom is 0.244 e. The lowest BCUT2D eigenvalue weighted by molar-refractivity contribution is -0.116. The predicted octanol–water partition coefficient (Wildman–Crippen LogP) is 4.51. The van der Waals surface area contributed by atoms with Crippen LogP contribution < -0.4 is 5.32 Å². The molecule has 0 heterocycles. The van der Waals surface area contributed by atoms with Gasteiger partial charge in [-0.2, -0.15) is 0 Å². The summed E-state index contributed by atoms with van der Waals surface area (Å²) < 4.78 is 1.04. The molecule has 0 aromatic heterocycles. The molecule has 1 aromatic carbocycles. The van der Waals surface area contributed by atoms with Gasteiger partial charge in [-0.15, -0.1) is 0 Å². The van der Waals surface area contributed by atoms with E-state index in [2.05, 4.69) is 48.9 Å². The van der Waals surface area contributed by atoms with Gasteiger partial charge in [-0.3, -0.25) is 4.79 Å². The summed E-state index contributed by atoms with van der Waals surface area (Å²) in [4.78, 5) is 11.8. The third-order valence-electron chi connectivity index (χ3n) is 3.52. The molecule has 0 atom stereocenters. The van der Waals surface area contributed by atoms with Crippen molar-refractivity contribution in [2.24, 2.45) is 17.8 Å². The van der Waals surface area contributed by atoms with Crippen LogP contribution in [0.5, 0.6) is 0 Å². The number of hydrogen-bond acceptors (Lipinski definition) is 1. The monoisotopic (exact) mass is 337 g/mol. The van der Waals surface area contributed by atoms with Gasteiger partial charge in [0.05, 0.1) is 0 Å². The Balaban J connectivity index is 2.49. The van der Waals surface area contributed by atoms with Crippen LogP contribution in [0, 0.1) is 17.8 Å². The van der Waals surface area contributed by atoms with Crippen molar-refractivity contribution in [3.8, 4) is 0 Å². The fourth-order valence-corrected chi connectivity index (χ4v) is 2.53. The van der Waals surface area contributed by atoms with Crippen LogP contribution in [0.1, 0.15) is 33.3 Å². The van der Waals surface area contributed by atoms with Crippen molar-refractivity contribution in [1.29, 1.82) is 0 Å². The summed E-state index contributed by atoms with van der Waals surface area (Å²) in [6.45, 7) is 9.55. The Labute approximate surface area is 130 Å². The molecule has 0 bridgehead atoms. The molecule has 1 rings (SSSR count). The molecular formula is C17H24BrNO. The molecule has 0 radical (unpaired) electrons. The van der Waals surface area contributed by atoms with Crippen molar-refractivity contribution in [2.75, 3.05) is 6.54 Å². The van der Waals surface area contributed by atoms with E-state index in [1.807, 2.05) is 30.3 Å². The van der Waals surface area contributed by atoms with Gasteiger partial charge in [-0.25, -0.2) is 0 Å². The van der Waals surface area contributed by atoms with E-state index in [1.54, 1.807) is 6.08 Å². The number of hydrogen-bond donors (Lipinski definition) is 1. The fourth-order valence-electron chi connectivity index (χ4n) is 2.26. The first-order chi connectivity index (χ1) is 9.40. The molecule has 0 unspecified atom stereocenters. The molecular weight excluding hydrogens is 314 g/mol. The molecule has 1 N–H and O–H groups in total. The normalized spacial score (nSPS) is 11.8. The number of halogens is 1. The zero-order chi connectivity index (χ0) is 15.1.